The summed E-state index contributed by atoms with van der Waals surface area (Å²) < 4.78 is 46.4. The fourth-order valence-corrected chi connectivity index (χ4v) is 7.74. The number of hydrogen-bond donors (Lipinski definition) is 1. The first kappa shape index (κ1) is 26.7. The van der Waals surface area contributed by atoms with Crippen LogP contribution in [0.4, 0.5) is 18.9 Å². The first-order valence-electron chi connectivity index (χ1n) is 12.0. The highest BCUT2D eigenvalue weighted by atomic mass is 35.5. The lowest BCUT2D eigenvalue weighted by Crippen LogP contribution is -2.32. The molecule has 3 atom stereocenters. The normalized spacial score (nSPS) is 20.4. The number of fused-ring (bicyclic) bond motifs is 2. The minimum atomic E-state index is -4.65. The molecule has 0 aliphatic carbocycles. The number of nitrogens with one attached hydrogen (secondary N) is 1. The second kappa shape index (κ2) is 10.1. The monoisotopic (exact) mass is 602 g/mol. The molecule has 6 rings (SSSR count). The van der Waals surface area contributed by atoms with E-state index in [2.05, 4.69) is 4.98 Å². The molecule has 1 fully saturated rings. The van der Waals surface area contributed by atoms with Gasteiger partial charge in [-0.05, 0) is 42.0 Å². The Morgan fingerprint density at radius 3 is 2.48 bits per heavy atom. The van der Waals surface area contributed by atoms with E-state index < -0.39 is 40.6 Å². The van der Waals surface area contributed by atoms with E-state index in [9.17, 15) is 27.6 Å². The van der Waals surface area contributed by atoms with Crippen molar-refractivity contribution in [3.05, 3.63) is 109 Å². The molecule has 3 heterocycles. The molecule has 1 aromatic heterocycles. The van der Waals surface area contributed by atoms with Gasteiger partial charge in [0.05, 0.1) is 22.2 Å². The number of benzene rings is 3. The molecular formula is C28H18ClF3N2O4S2. The molecule has 40 heavy (non-hydrogen) atoms. The van der Waals surface area contributed by atoms with Crippen LogP contribution in [0.15, 0.2) is 82.6 Å². The van der Waals surface area contributed by atoms with E-state index in [1.165, 1.54) is 6.07 Å². The number of carbonyl (C=O) groups is 2. The number of ether oxygens (including phenoxy) is 1. The summed E-state index contributed by atoms with van der Waals surface area (Å²) in [7, 11) is 0. The number of amides is 2. The molecule has 0 spiro atoms. The van der Waals surface area contributed by atoms with Crippen LogP contribution in [0.5, 0.6) is 5.75 Å². The van der Waals surface area contributed by atoms with Gasteiger partial charge in [0.25, 0.3) is 0 Å². The molecule has 1 saturated heterocycles. The van der Waals surface area contributed by atoms with Gasteiger partial charge < -0.3 is 9.72 Å². The number of halogens is 4. The zero-order chi connectivity index (χ0) is 28.2. The average molecular weight is 603 g/mol. The Morgan fingerprint density at radius 1 is 0.950 bits per heavy atom. The topological polar surface area (TPSA) is 79.5 Å². The van der Waals surface area contributed by atoms with Crippen LogP contribution in [-0.2, 0) is 22.4 Å². The summed E-state index contributed by atoms with van der Waals surface area (Å²) in [4.78, 5) is 43.7. The van der Waals surface area contributed by atoms with E-state index in [0.29, 0.717) is 26.2 Å². The van der Waals surface area contributed by atoms with Crippen molar-refractivity contribution < 1.29 is 27.5 Å². The van der Waals surface area contributed by atoms with E-state index >= 15 is 0 Å². The predicted molar refractivity (Wildman–Crippen MR) is 146 cm³/mol. The maximum absolute atomic E-state index is 13.9. The van der Waals surface area contributed by atoms with Crippen LogP contribution in [-0.4, -0.2) is 22.0 Å². The summed E-state index contributed by atoms with van der Waals surface area (Å²) in [5.41, 5.74) is 0.263. The van der Waals surface area contributed by atoms with Crippen LogP contribution in [0.2, 0.25) is 5.02 Å². The number of hydrogen-bond acceptors (Lipinski definition) is 6. The zero-order valence-electron chi connectivity index (χ0n) is 20.3. The molecule has 4 aromatic rings. The molecular weight excluding hydrogens is 585 g/mol. The van der Waals surface area contributed by atoms with Crippen LogP contribution >= 0.6 is 34.7 Å². The third kappa shape index (κ3) is 4.71. The van der Waals surface area contributed by atoms with Crippen LogP contribution in [0.1, 0.15) is 27.5 Å². The van der Waals surface area contributed by atoms with Crippen molar-refractivity contribution in [3.63, 3.8) is 0 Å². The lowest BCUT2D eigenvalue weighted by Gasteiger charge is -2.31. The van der Waals surface area contributed by atoms with Crippen LogP contribution in [0.3, 0.4) is 0 Å². The van der Waals surface area contributed by atoms with Crippen LogP contribution < -0.4 is 14.5 Å². The minimum absolute atomic E-state index is 0.165. The average Bonchev–Trinajstić information content (AvgIpc) is 3.42. The molecule has 12 heteroatoms. The van der Waals surface area contributed by atoms with Crippen LogP contribution in [0, 0.1) is 5.92 Å². The standard InChI is InChI=1S/C28H18ClF3N2O4S2/c29-16-9-10-19(38-13-14-5-2-1-3-6-14)18(12-16)20-21-23(39-24-22(20)40-27(37)33-24)26(36)34(25(21)35)17-8-4-7-15(11-17)28(30,31)32/h1-12,20-21,23H,13H2,(H,33,37)/t20-,21?,23?/m1/s1. The van der Waals surface area contributed by atoms with Gasteiger partial charge in [-0.1, -0.05) is 71.1 Å². The highest BCUT2D eigenvalue weighted by Gasteiger charge is 2.57. The number of anilines is 1. The number of rotatable bonds is 5. The summed E-state index contributed by atoms with van der Waals surface area (Å²) in [6.45, 7) is 0.213. The van der Waals surface area contributed by atoms with Crippen molar-refractivity contribution in [2.75, 3.05) is 4.90 Å². The molecule has 6 nitrogen and oxygen atoms in total. The van der Waals surface area contributed by atoms with Gasteiger partial charge in [-0.2, -0.15) is 13.2 Å². The predicted octanol–water partition coefficient (Wildman–Crippen LogP) is 6.48. The Bertz CT molecular complexity index is 1690. The molecule has 0 radical (unpaired) electrons. The number of alkyl halides is 3. The molecule has 1 N–H and O–H groups in total. The maximum Gasteiger partial charge on any atom is 0.416 e. The van der Waals surface area contributed by atoms with Gasteiger partial charge in [0, 0.05) is 21.4 Å². The Kier molecular flexibility index (Phi) is 6.76. The van der Waals surface area contributed by atoms with Crippen LogP contribution in [0.25, 0.3) is 0 Å². The number of nitrogens with zero attached hydrogens (tertiary/aromatic N) is 1. The largest absolute Gasteiger partial charge is 0.489 e. The third-order valence-electron chi connectivity index (χ3n) is 6.80. The smallest absolute Gasteiger partial charge is 0.416 e. The van der Waals surface area contributed by atoms with Gasteiger partial charge in [0.2, 0.25) is 11.8 Å². The van der Waals surface area contributed by atoms with Crippen molar-refractivity contribution in [3.8, 4) is 5.75 Å². The number of thioether (sulfide) groups is 1. The maximum atomic E-state index is 13.9. The minimum Gasteiger partial charge on any atom is -0.489 e. The third-order valence-corrected chi connectivity index (χ3v) is 9.44. The highest BCUT2D eigenvalue weighted by molar-refractivity contribution is 8.00. The molecule has 2 aliphatic heterocycles. The molecule has 0 bridgehead atoms. The first-order valence-corrected chi connectivity index (χ1v) is 14.1. The fourth-order valence-electron chi connectivity index (χ4n) is 5.06. The number of H-pyrrole nitrogens is 1. The van der Waals surface area contributed by atoms with Gasteiger partial charge in [-0.15, -0.1) is 0 Å². The zero-order valence-corrected chi connectivity index (χ0v) is 22.7. The van der Waals surface area contributed by atoms with Crippen molar-refractivity contribution in [2.45, 2.75) is 29.0 Å². The van der Waals surface area contributed by atoms with Gasteiger partial charge in [0.1, 0.15) is 17.6 Å². The first-order chi connectivity index (χ1) is 19.1. The van der Waals surface area contributed by atoms with Gasteiger partial charge in [-0.3, -0.25) is 14.4 Å². The lowest BCUT2D eigenvalue weighted by atomic mass is 9.82. The SMILES string of the molecule is O=C1C2Sc3[nH]c(=O)sc3[C@H](c3cc(Cl)ccc3OCc3ccccc3)C2C(=O)N1c1cccc(C(F)(F)F)c1. The molecule has 3 aromatic carbocycles. The summed E-state index contributed by atoms with van der Waals surface area (Å²) in [5, 5.41) is -0.194. The number of aromatic amines is 1. The van der Waals surface area contributed by atoms with E-state index in [-0.39, 0.29) is 17.2 Å². The van der Waals surface area contributed by atoms with Gasteiger partial charge >= 0.3 is 11.0 Å². The van der Waals surface area contributed by atoms with Gasteiger partial charge in [0.15, 0.2) is 0 Å². The highest BCUT2D eigenvalue weighted by Crippen LogP contribution is 2.55. The Balaban J connectivity index is 1.45. The van der Waals surface area contributed by atoms with Crippen molar-refractivity contribution in [1.29, 1.82) is 0 Å². The Labute approximate surface area is 238 Å². The number of thiazole rings is 1. The van der Waals surface area contributed by atoms with E-state index in [1.807, 2.05) is 30.3 Å². The molecule has 2 aliphatic rings. The summed E-state index contributed by atoms with van der Waals surface area (Å²) in [6.07, 6.45) is -4.65. The van der Waals surface area contributed by atoms with Gasteiger partial charge in [-0.25, -0.2) is 4.90 Å². The van der Waals surface area contributed by atoms with Crippen molar-refractivity contribution in [2.24, 2.45) is 5.92 Å². The second-order valence-electron chi connectivity index (χ2n) is 9.27. The molecule has 2 amide bonds. The summed E-state index contributed by atoms with van der Waals surface area (Å²) >= 11 is 8.33. The summed E-state index contributed by atoms with van der Waals surface area (Å²) in [5.74, 6) is -2.72. The number of carbonyl (C=O) groups excluding carboxylic acids is 2. The Hall–Kier alpha value is -3.54. The number of aromatic nitrogens is 1. The molecule has 2 unspecified atom stereocenters. The lowest BCUT2D eigenvalue weighted by molar-refractivity contribution is -0.137. The molecule has 0 saturated carbocycles. The Morgan fingerprint density at radius 2 is 1.73 bits per heavy atom. The van der Waals surface area contributed by atoms with E-state index in [4.69, 9.17) is 16.3 Å². The van der Waals surface area contributed by atoms with E-state index in [1.54, 1.807) is 18.2 Å². The second-order valence-corrected chi connectivity index (χ2v) is 11.9. The summed E-state index contributed by atoms with van der Waals surface area (Å²) in [6, 6.07) is 18.5. The van der Waals surface area contributed by atoms with Crippen molar-refractivity contribution in [1.82, 2.24) is 4.98 Å². The quantitative estimate of drug-likeness (QED) is 0.264. The fraction of sp³-hybridized carbons (Fsp3) is 0.179. The molecule has 204 valence electrons. The van der Waals surface area contributed by atoms with E-state index in [0.717, 1.165) is 51.8 Å². The number of imide groups is 1. The van der Waals surface area contributed by atoms with Crippen molar-refractivity contribution >= 4 is 52.2 Å².